The predicted octanol–water partition coefficient (Wildman–Crippen LogP) is 0.452. The van der Waals surface area contributed by atoms with Gasteiger partial charge in [-0.05, 0) is 32.2 Å². The summed E-state index contributed by atoms with van der Waals surface area (Å²) in [6, 6.07) is -0.0868. The molecule has 2 fully saturated rings. The van der Waals surface area contributed by atoms with Crippen molar-refractivity contribution in [3.63, 3.8) is 0 Å². The van der Waals surface area contributed by atoms with Crippen molar-refractivity contribution in [2.24, 2.45) is 5.92 Å². The fourth-order valence-corrected chi connectivity index (χ4v) is 2.66. The number of carbonyl (C=O) groups excluding carboxylic acids is 1. The molecule has 0 radical (unpaired) electrons. The number of amides is 1. The molecule has 0 saturated carbocycles. The molecule has 0 aromatic rings. The van der Waals surface area contributed by atoms with Gasteiger partial charge in [-0.25, -0.2) is 0 Å². The molecule has 1 unspecified atom stereocenters. The van der Waals surface area contributed by atoms with Crippen LogP contribution in [-0.2, 0) is 9.59 Å². The third-order valence-corrected chi connectivity index (χ3v) is 3.69. The van der Waals surface area contributed by atoms with Crippen LogP contribution < -0.4 is 5.32 Å². The molecule has 2 atom stereocenters. The summed E-state index contributed by atoms with van der Waals surface area (Å²) in [6.07, 6.45) is 4.58. The van der Waals surface area contributed by atoms with Crippen LogP contribution in [0.3, 0.4) is 0 Å². The van der Waals surface area contributed by atoms with E-state index in [1.165, 1.54) is 0 Å². The lowest BCUT2D eigenvalue weighted by atomic mass is 9.96. The minimum absolute atomic E-state index is 0.0868. The third kappa shape index (κ3) is 2.97. The highest BCUT2D eigenvalue weighted by Crippen LogP contribution is 2.19. The molecular formula is C12H20N2O3. The number of nitrogens with one attached hydrogen (secondary N) is 1. The average molecular weight is 240 g/mol. The Labute approximate surface area is 101 Å². The molecule has 2 aliphatic heterocycles. The van der Waals surface area contributed by atoms with E-state index in [4.69, 9.17) is 5.11 Å². The topological polar surface area (TPSA) is 69.6 Å². The summed E-state index contributed by atoms with van der Waals surface area (Å²) in [5.74, 6) is -1.06. The lowest BCUT2D eigenvalue weighted by Gasteiger charge is -2.34. The molecule has 0 aliphatic carbocycles. The molecule has 17 heavy (non-hydrogen) atoms. The zero-order valence-electron chi connectivity index (χ0n) is 10.0. The Morgan fingerprint density at radius 2 is 2.00 bits per heavy atom. The Morgan fingerprint density at radius 3 is 2.65 bits per heavy atom. The highest BCUT2D eigenvalue weighted by molar-refractivity contribution is 5.83. The van der Waals surface area contributed by atoms with E-state index in [0.717, 1.165) is 32.2 Å². The van der Waals surface area contributed by atoms with Gasteiger partial charge in [0.05, 0.1) is 12.0 Å². The van der Waals surface area contributed by atoms with Gasteiger partial charge >= 0.3 is 5.97 Å². The van der Waals surface area contributed by atoms with Gasteiger partial charge in [0, 0.05) is 13.1 Å². The quantitative estimate of drug-likeness (QED) is 0.735. The van der Waals surface area contributed by atoms with E-state index < -0.39 is 5.97 Å². The van der Waals surface area contributed by atoms with Crippen LogP contribution in [0, 0.1) is 5.92 Å². The zero-order chi connectivity index (χ0) is 12.3. The van der Waals surface area contributed by atoms with Crippen molar-refractivity contribution in [2.45, 2.75) is 38.1 Å². The van der Waals surface area contributed by atoms with E-state index in [0.29, 0.717) is 19.5 Å². The maximum absolute atomic E-state index is 12.2. The standard InChI is InChI=1S/C12H20N2O3/c15-11(10-5-1-2-6-13-10)14-7-3-4-9(8-14)12(16)17/h9-10,13H,1-8H2,(H,16,17)/t9-,10?/m1/s1. The van der Waals surface area contributed by atoms with Crippen molar-refractivity contribution < 1.29 is 14.7 Å². The van der Waals surface area contributed by atoms with Gasteiger partial charge in [-0.2, -0.15) is 0 Å². The molecule has 2 rings (SSSR count). The van der Waals surface area contributed by atoms with Crippen LogP contribution in [0.25, 0.3) is 0 Å². The molecule has 2 heterocycles. The summed E-state index contributed by atoms with van der Waals surface area (Å²) < 4.78 is 0. The molecule has 1 amide bonds. The van der Waals surface area contributed by atoms with Gasteiger partial charge in [-0.15, -0.1) is 0 Å². The van der Waals surface area contributed by atoms with E-state index in [2.05, 4.69) is 5.32 Å². The molecule has 2 aliphatic rings. The Kier molecular flexibility index (Phi) is 3.99. The smallest absolute Gasteiger partial charge is 0.308 e. The number of carbonyl (C=O) groups is 2. The van der Waals surface area contributed by atoms with Crippen LogP contribution in [0.5, 0.6) is 0 Å². The number of rotatable bonds is 2. The van der Waals surface area contributed by atoms with Crippen LogP contribution in [0.1, 0.15) is 32.1 Å². The summed E-state index contributed by atoms with van der Waals surface area (Å²) in [7, 11) is 0. The van der Waals surface area contributed by atoms with Gasteiger partial charge in [-0.3, -0.25) is 9.59 Å². The fraction of sp³-hybridized carbons (Fsp3) is 0.833. The van der Waals surface area contributed by atoms with Crippen molar-refractivity contribution in [1.82, 2.24) is 10.2 Å². The highest BCUT2D eigenvalue weighted by Gasteiger charge is 2.31. The van der Waals surface area contributed by atoms with Crippen LogP contribution in [0.4, 0.5) is 0 Å². The lowest BCUT2D eigenvalue weighted by Crippen LogP contribution is -2.52. The number of likely N-dealkylation sites (tertiary alicyclic amines) is 1. The SMILES string of the molecule is O=C(O)[C@@H]1CCCN(C(=O)C2CCCCN2)C1. The van der Waals surface area contributed by atoms with Gasteiger partial charge in [0.1, 0.15) is 0 Å². The second kappa shape index (κ2) is 5.49. The number of carboxylic acid groups (broad SMARTS) is 1. The molecular weight excluding hydrogens is 220 g/mol. The van der Waals surface area contributed by atoms with E-state index in [1.807, 2.05) is 0 Å². The predicted molar refractivity (Wildman–Crippen MR) is 62.6 cm³/mol. The first kappa shape index (κ1) is 12.4. The summed E-state index contributed by atoms with van der Waals surface area (Å²) in [5, 5.41) is 12.2. The molecule has 2 saturated heterocycles. The summed E-state index contributed by atoms with van der Waals surface area (Å²) in [6.45, 7) is 1.99. The van der Waals surface area contributed by atoms with Gasteiger partial charge in [0.25, 0.3) is 0 Å². The van der Waals surface area contributed by atoms with Crippen molar-refractivity contribution >= 4 is 11.9 Å². The van der Waals surface area contributed by atoms with Crippen LogP contribution in [0.15, 0.2) is 0 Å². The molecule has 0 bridgehead atoms. The molecule has 0 spiro atoms. The van der Waals surface area contributed by atoms with E-state index >= 15 is 0 Å². The number of carboxylic acids is 1. The number of aliphatic carboxylic acids is 1. The first-order valence-electron chi connectivity index (χ1n) is 6.43. The molecule has 5 heteroatoms. The Bertz CT molecular complexity index is 300. The maximum Gasteiger partial charge on any atom is 0.308 e. The number of nitrogens with zero attached hydrogens (tertiary/aromatic N) is 1. The molecule has 96 valence electrons. The van der Waals surface area contributed by atoms with Crippen LogP contribution in [0.2, 0.25) is 0 Å². The largest absolute Gasteiger partial charge is 0.481 e. The Balaban J connectivity index is 1.91. The molecule has 0 aromatic carbocycles. The monoisotopic (exact) mass is 240 g/mol. The summed E-state index contributed by atoms with van der Waals surface area (Å²) in [5.41, 5.74) is 0. The Hall–Kier alpha value is -1.10. The van der Waals surface area contributed by atoms with Gasteiger partial charge < -0.3 is 15.3 Å². The second-order valence-corrected chi connectivity index (χ2v) is 4.96. The molecule has 2 N–H and O–H groups in total. The van der Waals surface area contributed by atoms with Crippen LogP contribution in [-0.4, -0.2) is 47.6 Å². The zero-order valence-corrected chi connectivity index (χ0v) is 10.0. The van der Waals surface area contributed by atoms with Crippen molar-refractivity contribution in [3.05, 3.63) is 0 Å². The summed E-state index contributed by atoms with van der Waals surface area (Å²) in [4.78, 5) is 24.9. The molecule has 0 aromatic heterocycles. The number of hydrogen-bond acceptors (Lipinski definition) is 3. The normalized spacial score (nSPS) is 30.0. The van der Waals surface area contributed by atoms with E-state index in [-0.39, 0.29) is 17.9 Å². The van der Waals surface area contributed by atoms with Crippen molar-refractivity contribution in [2.75, 3.05) is 19.6 Å². The maximum atomic E-state index is 12.2. The number of piperidine rings is 2. The minimum atomic E-state index is -0.779. The lowest BCUT2D eigenvalue weighted by molar-refractivity contribution is -0.146. The Morgan fingerprint density at radius 1 is 1.18 bits per heavy atom. The van der Waals surface area contributed by atoms with Crippen molar-refractivity contribution in [3.8, 4) is 0 Å². The van der Waals surface area contributed by atoms with E-state index in [1.54, 1.807) is 4.90 Å². The first-order chi connectivity index (χ1) is 8.18. The van der Waals surface area contributed by atoms with Gasteiger partial charge in [0.2, 0.25) is 5.91 Å². The van der Waals surface area contributed by atoms with E-state index in [9.17, 15) is 9.59 Å². The molecule has 5 nitrogen and oxygen atoms in total. The second-order valence-electron chi connectivity index (χ2n) is 4.96. The van der Waals surface area contributed by atoms with Gasteiger partial charge in [0.15, 0.2) is 0 Å². The first-order valence-corrected chi connectivity index (χ1v) is 6.43. The summed E-state index contributed by atoms with van der Waals surface area (Å²) >= 11 is 0. The van der Waals surface area contributed by atoms with Crippen LogP contribution >= 0.6 is 0 Å². The fourth-order valence-electron chi connectivity index (χ4n) is 2.66. The number of hydrogen-bond donors (Lipinski definition) is 2. The third-order valence-electron chi connectivity index (χ3n) is 3.69. The van der Waals surface area contributed by atoms with Crippen molar-refractivity contribution in [1.29, 1.82) is 0 Å². The highest BCUT2D eigenvalue weighted by atomic mass is 16.4. The van der Waals surface area contributed by atoms with Gasteiger partial charge in [-0.1, -0.05) is 6.42 Å². The minimum Gasteiger partial charge on any atom is -0.481 e. The average Bonchev–Trinajstić information content (AvgIpc) is 2.39.